The Bertz CT molecular complexity index is 459. The predicted octanol–water partition coefficient (Wildman–Crippen LogP) is 2.59. The number of esters is 1. The fourth-order valence-corrected chi connectivity index (χ4v) is 2.54. The molecule has 0 amide bonds. The highest BCUT2D eigenvalue weighted by atomic mass is 16.5. The quantitative estimate of drug-likeness (QED) is 0.747. The molecule has 1 fully saturated rings. The van der Waals surface area contributed by atoms with E-state index in [1.54, 1.807) is 0 Å². The van der Waals surface area contributed by atoms with Crippen LogP contribution in [0.1, 0.15) is 33.6 Å². The first-order chi connectivity index (χ1) is 10.1. The summed E-state index contributed by atoms with van der Waals surface area (Å²) in [6.07, 6.45) is 2.29. The zero-order valence-electron chi connectivity index (χ0n) is 13.3. The van der Waals surface area contributed by atoms with Crippen LogP contribution in [0.3, 0.4) is 0 Å². The zero-order chi connectivity index (χ0) is 15.3. The van der Waals surface area contributed by atoms with Crippen molar-refractivity contribution in [2.75, 3.05) is 24.6 Å². The Morgan fingerprint density at radius 1 is 1.33 bits per heavy atom. The lowest BCUT2D eigenvalue weighted by Crippen LogP contribution is -2.58. The molecule has 4 heteroatoms. The summed E-state index contributed by atoms with van der Waals surface area (Å²) in [5.41, 5.74) is 0.469. The van der Waals surface area contributed by atoms with E-state index in [9.17, 15) is 4.79 Å². The summed E-state index contributed by atoms with van der Waals surface area (Å²) < 4.78 is 5.29. The molecule has 116 valence electrons. The molecular weight excluding hydrogens is 264 g/mol. The molecule has 1 unspecified atom stereocenters. The van der Waals surface area contributed by atoms with Crippen LogP contribution < -0.4 is 10.2 Å². The van der Waals surface area contributed by atoms with E-state index in [2.05, 4.69) is 29.3 Å². The third-order valence-corrected chi connectivity index (χ3v) is 3.84. The van der Waals surface area contributed by atoms with E-state index in [1.807, 2.05) is 32.0 Å². The van der Waals surface area contributed by atoms with Gasteiger partial charge in [-0.2, -0.15) is 0 Å². The van der Waals surface area contributed by atoms with Crippen molar-refractivity contribution in [2.45, 2.75) is 45.2 Å². The van der Waals surface area contributed by atoms with Crippen molar-refractivity contribution < 1.29 is 9.53 Å². The summed E-state index contributed by atoms with van der Waals surface area (Å²) in [6.45, 7) is 7.79. The van der Waals surface area contributed by atoms with Crippen LogP contribution >= 0.6 is 0 Å². The number of hydrogen-bond acceptors (Lipinski definition) is 4. The number of nitrogens with zero attached hydrogens (tertiary/aromatic N) is 1. The first kappa shape index (κ1) is 15.8. The molecule has 0 saturated heterocycles. The molecule has 1 aliphatic carbocycles. The molecule has 0 radical (unpaired) electrons. The van der Waals surface area contributed by atoms with Gasteiger partial charge >= 0.3 is 5.97 Å². The van der Waals surface area contributed by atoms with Crippen LogP contribution in [0.4, 0.5) is 5.69 Å². The monoisotopic (exact) mass is 290 g/mol. The average molecular weight is 290 g/mol. The molecule has 0 aromatic heterocycles. The van der Waals surface area contributed by atoms with Gasteiger partial charge in [0, 0.05) is 24.8 Å². The van der Waals surface area contributed by atoms with Gasteiger partial charge in [0.05, 0.1) is 6.61 Å². The summed E-state index contributed by atoms with van der Waals surface area (Å²) in [4.78, 5) is 14.6. The van der Waals surface area contributed by atoms with Crippen molar-refractivity contribution in [3.8, 4) is 0 Å². The normalized spacial score (nSPS) is 17.1. The number of likely N-dealkylation sites (N-methyl/N-ethyl adjacent to an activating group) is 1. The first-order valence-corrected chi connectivity index (χ1v) is 7.84. The third-order valence-electron chi connectivity index (χ3n) is 3.84. The zero-order valence-corrected chi connectivity index (χ0v) is 13.3. The van der Waals surface area contributed by atoms with Crippen LogP contribution in [-0.2, 0) is 9.53 Å². The molecule has 1 atom stereocenters. The van der Waals surface area contributed by atoms with E-state index < -0.39 is 5.54 Å². The lowest BCUT2D eigenvalue weighted by Gasteiger charge is -2.35. The predicted molar refractivity (Wildman–Crippen MR) is 85.5 cm³/mol. The van der Waals surface area contributed by atoms with Gasteiger partial charge in [-0.15, -0.1) is 0 Å². The van der Waals surface area contributed by atoms with Crippen molar-refractivity contribution in [1.29, 1.82) is 0 Å². The average Bonchev–Trinajstić information content (AvgIpc) is 3.30. The Kier molecular flexibility index (Phi) is 5.23. The second-order valence-corrected chi connectivity index (χ2v) is 5.82. The lowest BCUT2D eigenvalue weighted by atomic mass is 10.0. The highest BCUT2D eigenvalue weighted by Gasteiger charge is 2.41. The highest BCUT2D eigenvalue weighted by molar-refractivity contribution is 5.81. The Morgan fingerprint density at radius 2 is 2.00 bits per heavy atom. The van der Waals surface area contributed by atoms with Gasteiger partial charge in [0.2, 0.25) is 0 Å². The minimum atomic E-state index is -0.664. The molecule has 0 bridgehead atoms. The van der Waals surface area contributed by atoms with Crippen molar-refractivity contribution in [1.82, 2.24) is 5.32 Å². The minimum Gasteiger partial charge on any atom is -0.465 e. The van der Waals surface area contributed by atoms with E-state index in [1.165, 1.54) is 0 Å². The van der Waals surface area contributed by atoms with E-state index in [0.29, 0.717) is 19.2 Å². The number of benzene rings is 1. The fraction of sp³-hybridized carbons (Fsp3) is 0.588. The maximum Gasteiger partial charge on any atom is 0.327 e. The van der Waals surface area contributed by atoms with E-state index in [4.69, 9.17) is 4.74 Å². The number of carbonyl (C=O) groups is 1. The summed E-state index contributed by atoms with van der Waals surface area (Å²) in [5, 5.41) is 3.47. The molecule has 0 heterocycles. The van der Waals surface area contributed by atoms with Gasteiger partial charge in [-0.3, -0.25) is 5.32 Å². The van der Waals surface area contributed by atoms with Gasteiger partial charge in [-0.1, -0.05) is 18.2 Å². The van der Waals surface area contributed by atoms with Crippen molar-refractivity contribution in [3.63, 3.8) is 0 Å². The molecule has 1 aromatic carbocycles. The number of hydrogen-bond donors (Lipinski definition) is 1. The van der Waals surface area contributed by atoms with Crippen molar-refractivity contribution in [3.05, 3.63) is 30.3 Å². The Morgan fingerprint density at radius 3 is 2.52 bits per heavy atom. The van der Waals surface area contributed by atoms with E-state index in [-0.39, 0.29) is 5.97 Å². The second-order valence-electron chi connectivity index (χ2n) is 5.82. The van der Waals surface area contributed by atoms with E-state index in [0.717, 1.165) is 25.1 Å². The second kappa shape index (κ2) is 6.94. The molecule has 0 aliphatic heterocycles. The molecule has 21 heavy (non-hydrogen) atoms. The van der Waals surface area contributed by atoms with Crippen LogP contribution in [0.25, 0.3) is 0 Å². The van der Waals surface area contributed by atoms with Gasteiger partial charge in [0.25, 0.3) is 0 Å². The number of ether oxygens (including phenoxy) is 1. The number of carbonyl (C=O) groups excluding carboxylic acids is 1. The van der Waals surface area contributed by atoms with Crippen molar-refractivity contribution in [2.24, 2.45) is 0 Å². The fourth-order valence-electron chi connectivity index (χ4n) is 2.54. The van der Waals surface area contributed by atoms with Crippen LogP contribution in [0, 0.1) is 0 Å². The van der Waals surface area contributed by atoms with Gasteiger partial charge in [0.1, 0.15) is 5.54 Å². The van der Waals surface area contributed by atoms with Crippen LogP contribution in [-0.4, -0.2) is 37.2 Å². The lowest BCUT2D eigenvalue weighted by molar-refractivity contribution is -0.150. The summed E-state index contributed by atoms with van der Waals surface area (Å²) >= 11 is 0. The molecule has 1 aromatic rings. The van der Waals surface area contributed by atoms with Crippen LogP contribution in [0.5, 0.6) is 0 Å². The Hall–Kier alpha value is -1.55. The van der Waals surface area contributed by atoms with Gasteiger partial charge < -0.3 is 9.64 Å². The topological polar surface area (TPSA) is 41.6 Å². The summed E-state index contributed by atoms with van der Waals surface area (Å²) in [7, 11) is 0. The molecule has 1 aliphatic rings. The molecule has 1 N–H and O–H groups in total. The van der Waals surface area contributed by atoms with Gasteiger partial charge in [0.15, 0.2) is 0 Å². The summed E-state index contributed by atoms with van der Waals surface area (Å²) in [5.74, 6) is -0.161. The molecule has 1 saturated carbocycles. The number of para-hydroxylation sites is 1. The maximum absolute atomic E-state index is 12.4. The van der Waals surface area contributed by atoms with Crippen molar-refractivity contribution >= 4 is 11.7 Å². The van der Waals surface area contributed by atoms with Crippen LogP contribution in [0.2, 0.25) is 0 Å². The molecule has 2 rings (SSSR count). The smallest absolute Gasteiger partial charge is 0.327 e. The van der Waals surface area contributed by atoms with Gasteiger partial charge in [-0.25, -0.2) is 4.79 Å². The number of nitrogens with one attached hydrogen (secondary N) is 1. The maximum atomic E-state index is 12.4. The van der Waals surface area contributed by atoms with E-state index >= 15 is 0 Å². The molecule has 4 nitrogen and oxygen atoms in total. The first-order valence-electron chi connectivity index (χ1n) is 7.84. The molecule has 0 spiro atoms. The summed E-state index contributed by atoms with van der Waals surface area (Å²) in [6, 6.07) is 10.7. The largest absolute Gasteiger partial charge is 0.465 e. The third kappa shape index (κ3) is 4.21. The Balaban J connectivity index is 2.13. The minimum absolute atomic E-state index is 0.161. The molecular formula is C17H26N2O2. The SMILES string of the molecule is CCOC(=O)C(C)(CN(CC)c1ccccc1)NC1CC1. The Labute approximate surface area is 127 Å². The van der Waals surface area contributed by atoms with Crippen LogP contribution in [0.15, 0.2) is 30.3 Å². The number of anilines is 1. The van der Waals surface area contributed by atoms with Gasteiger partial charge in [-0.05, 0) is 45.7 Å². The highest BCUT2D eigenvalue weighted by Crippen LogP contribution is 2.25. The standard InChI is InChI=1S/C17H26N2O2/c1-4-19(15-9-7-6-8-10-15)13-17(3,16(20)21-5-2)18-14-11-12-14/h6-10,14,18H,4-5,11-13H2,1-3H3. The number of rotatable bonds is 8.